The third kappa shape index (κ3) is 3.85. The van der Waals surface area contributed by atoms with Gasteiger partial charge in [0.05, 0.1) is 12.2 Å². The lowest BCUT2D eigenvalue weighted by Gasteiger charge is -2.06. The molecule has 1 amide bonds. The number of carboxylic acid groups (broad SMARTS) is 1. The molecular weight excluding hydrogens is 234 g/mol. The summed E-state index contributed by atoms with van der Waals surface area (Å²) in [5, 5.41) is 11.4. The van der Waals surface area contributed by atoms with E-state index in [-0.39, 0.29) is 18.1 Å². The highest BCUT2D eigenvalue weighted by Crippen LogP contribution is 2.28. The quantitative estimate of drug-likeness (QED) is 0.805. The van der Waals surface area contributed by atoms with Gasteiger partial charge in [-0.05, 0) is 43.0 Å². The lowest BCUT2D eigenvalue weighted by Crippen LogP contribution is -2.19. The Morgan fingerprint density at radius 2 is 1.94 bits per heavy atom. The Kier molecular flexibility index (Phi) is 3.94. The molecule has 2 rings (SSSR count). The fraction of sp³-hybridized carbons (Fsp3) is 0.385. The number of rotatable bonds is 6. The van der Waals surface area contributed by atoms with E-state index in [1.807, 2.05) is 0 Å². The molecule has 0 unspecified atom stereocenters. The summed E-state index contributed by atoms with van der Waals surface area (Å²) in [7, 11) is 0. The predicted octanol–water partition coefficient (Wildman–Crippen LogP) is 1.75. The van der Waals surface area contributed by atoms with Crippen molar-refractivity contribution in [2.24, 2.45) is 5.92 Å². The summed E-state index contributed by atoms with van der Waals surface area (Å²) in [4.78, 5) is 22.1. The Morgan fingerprint density at radius 3 is 2.50 bits per heavy atom. The molecule has 5 heteroatoms. The van der Waals surface area contributed by atoms with Gasteiger partial charge in [-0.25, -0.2) is 4.79 Å². The fourth-order valence-electron chi connectivity index (χ4n) is 1.50. The molecule has 0 aliphatic heterocycles. The molecule has 96 valence electrons. The Hall–Kier alpha value is -1.88. The zero-order valence-corrected chi connectivity index (χ0v) is 9.89. The van der Waals surface area contributed by atoms with Gasteiger partial charge in [0.25, 0.3) is 0 Å². The van der Waals surface area contributed by atoms with E-state index < -0.39 is 5.97 Å². The topological polar surface area (TPSA) is 75.6 Å². The van der Waals surface area contributed by atoms with Crippen LogP contribution in [0.15, 0.2) is 24.3 Å². The summed E-state index contributed by atoms with van der Waals surface area (Å²) in [6.45, 7) is 0.683. The summed E-state index contributed by atoms with van der Waals surface area (Å²) >= 11 is 0. The first-order chi connectivity index (χ1) is 8.65. The van der Waals surface area contributed by atoms with E-state index in [4.69, 9.17) is 9.84 Å². The molecule has 5 nitrogen and oxygen atoms in total. The van der Waals surface area contributed by atoms with Gasteiger partial charge in [0, 0.05) is 5.69 Å². The van der Waals surface area contributed by atoms with Crippen LogP contribution in [-0.4, -0.2) is 30.2 Å². The average molecular weight is 249 g/mol. The molecule has 1 aliphatic rings. The standard InChI is InChI=1S/C13H15NO4/c15-12(8-18-7-9-1-2-9)14-11-5-3-10(4-6-11)13(16)17/h3-6,9H,1-2,7-8H2,(H,14,15)(H,16,17). The zero-order chi connectivity index (χ0) is 13.0. The molecule has 18 heavy (non-hydrogen) atoms. The first-order valence-corrected chi connectivity index (χ1v) is 5.86. The van der Waals surface area contributed by atoms with Crippen molar-refractivity contribution < 1.29 is 19.4 Å². The van der Waals surface area contributed by atoms with E-state index >= 15 is 0 Å². The van der Waals surface area contributed by atoms with Crippen molar-refractivity contribution in [1.29, 1.82) is 0 Å². The summed E-state index contributed by atoms with van der Waals surface area (Å²) in [6, 6.07) is 6.01. The van der Waals surface area contributed by atoms with E-state index in [1.165, 1.54) is 25.0 Å². The molecule has 1 aromatic carbocycles. The Labute approximate surface area is 105 Å². The van der Waals surface area contributed by atoms with Crippen LogP contribution in [0.3, 0.4) is 0 Å². The van der Waals surface area contributed by atoms with Gasteiger partial charge in [-0.1, -0.05) is 0 Å². The lowest BCUT2D eigenvalue weighted by molar-refractivity contribution is -0.120. The van der Waals surface area contributed by atoms with Crippen LogP contribution in [0.25, 0.3) is 0 Å². The zero-order valence-electron chi connectivity index (χ0n) is 9.89. The number of carbonyl (C=O) groups excluding carboxylic acids is 1. The summed E-state index contributed by atoms with van der Waals surface area (Å²) in [5.41, 5.74) is 0.762. The van der Waals surface area contributed by atoms with Gasteiger partial charge in [-0.3, -0.25) is 4.79 Å². The first-order valence-electron chi connectivity index (χ1n) is 5.86. The molecule has 0 bridgehead atoms. The van der Waals surface area contributed by atoms with Crippen molar-refractivity contribution in [3.8, 4) is 0 Å². The number of ether oxygens (including phenoxy) is 1. The number of aromatic carboxylic acids is 1. The average Bonchev–Trinajstić information content (AvgIpc) is 3.13. The van der Waals surface area contributed by atoms with Gasteiger partial charge in [0.15, 0.2) is 0 Å². The fourth-order valence-corrected chi connectivity index (χ4v) is 1.50. The summed E-state index contributed by atoms with van der Waals surface area (Å²) in [6.07, 6.45) is 2.39. The maximum atomic E-state index is 11.5. The van der Waals surface area contributed by atoms with Crippen LogP contribution in [0.2, 0.25) is 0 Å². The number of hydrogen-bond acceptors (Lipinski definition) is 3. The number of anilines is 1. The van der Waals surface area contributed by atoms with E-state index in [2.05, 4.69) is 5.32 Å². The minimum Gasteiger partial charge on any atom is -0.478 e. The molecule has 1 aromatic rings. The third-order valence-electron chi connectivity index (χ3n) is 2.70. The highest BCUT2D eigenvalue weighted by Gasteiger charge is 2.21. The third-order valence-corrected chi connectivity index (χ3v) is 2.70. The monoisotopic (exact) mass is 249 g/mol. The van der Waals surface area contributed by atoms with Crippen molar-refractivity contribution in [3.63, 3.8) is 0 Å². The van der Waals surface area contributed by atoms with Crippen LogP contribution in [-0.2, 0) is 9.53 Å². The van der Waals surface area contributed by atoms with Crippen molar-refractivity contribution in [2.75, 3.05) is 18.5 Å². The Bertz CT molecular complexity index is 437. The second-order valence-electron chi connectivity index (χ2n) is 4.39. The van der Waals surface area contributed by atoms with Crippen LogP contribution in [0.4, 0.5) is 5.69 Å². The largest absolute Gasteiger partial charge is 0.478 e. The molecule has 0 radical (unpaired) electrons. The second-order valence-corrected chi connectivity index (χ2v) is 4.39. The normalized spacial score (nSPS) is 14.2. The van der Waals surface area contributed by atoms with E-state index in [0.717, 1.165) is 0 Å². The van der Waals surface area contributed by atoms with Crippen molar-refractivity contribution in [2.45, 2.75) is 12.8 Å². The summed E-state index contributed by atoms with van der Waals surface area (Å²) < 4.78 is 5.25. The second kappa shape index (κ2) is 5.64. The molecule has 0 heterocycles. The highest BCUT2D eigenvalue weighted by molar-refractivity contribution is 5.93. The van der Waals surface area contributed by atoms with Gasteiger partial charge in [-0.15, -0.1) is 0 Å². The van der Waals surface area contributed by atoms with Gasteiger partial charge < -0.3 is 15.2 Å². The molecular formula is C13H15NO4. The lowest BCUT2D eigenvalue weighted by atomic mass is 10.2. The molecule has 1 saturated carbocycles. The molecule has 0 aromatic heterocycles. The number of amides is 1. The minimum atomic E-state index is -0.986. The molecule has 2 N–H and O–H groups in total. The SMILES string of the molecule is O=C(COCC1CC1)Nc1ccc(C(=O)O)cc1. The minimum absolute atomic E-state index is 0.0389. The van der Waals surface area contributed by atoms with Crippen LogP contribution in [0.1, 0.15) is 23.2 Å². The number of benzene rings is 1. The summed E-state index contributed by atoms with van der Waals surface area (Å²) in [5.74, 6) is -0.577. The van der Waals surface area contributed by atoms with E-state index in [0.29, 0.717) is 18.2 Å². The van der Waals surface area contributed by atoms with Crippen molar-refractivity contribution >= 4 is 17.6 Å². The molecule has 0 saturated heterocycles. The van der Waals surface area contributed by atoms with Crippen LogP contribution < -0.4 is 5.32 Å². The molecule has 0 spiro atoms. The van der Waals surface area contributed by atoms with E-state index in [9.17, 15) is 9.59 Å². The first kappa shape index (κ1) is 12.6. The van der Waals surface area contributed by atoms with Gasteiger partial charge in [-0.2, -0.15) is 0 Å². The van der Waals surface area contributed by atoms with Crippen LogP contribution >= 0.6 is 0 Å². The van der Waals surface area contributed by atoms with Crippen molar-refractivity contribution in [1.82, 2.24) is 0 Å². The van der Waals surface area contributed by atoms with Crippen LogP contribution in [0, 0.1) is 5.92 Å². The van der Waals surface area contributed by atoms with Gasteiger partial charge >= 0.3 is 5.97 Å². The number of nitrogens with one attached hydrogen (secondary N) is 1. The highest BCUT2D eigenvalue weighted by atomic mass is 16.5. The van der Waals surface area contributed by atoms with Crippen LogP contribution in [0.5, 0.6) is 0 Å². The Morgan fingerprint density at radius 1 is 1.28 bits per heavy atom. The smallest absolute Gasteiger partial charge is 0.335 e. The molecule has 0 atom stereocenters. The molecule has 1 fully saturated rings. The number of hydrogen-bond donors (Lipinski definition) is 2. The maximum Gasteiger partial charge on any atom is 0.335 e. The van der Waals surface area contributed by atoms with Gasteiger partial charge in [0.2, 0.25) is 5.91 Å². The predicted molar refractivity (Wildman–Crippen MR) is 65.6 cm³/mol. The number of carbonyl (C=O) groups is 2. The van der Waals surface area contributed by atoms with Crippen molar-refractivity contribution in [3.05, 3.63) is 29.8 Å². The molecule has 1 aliphatic carbocycles. The Balaban J connectivity index is 1.76. The van der Waals surface area contributed by atoms with Gasteiger partial charge in [0.1, 0.15) is 6.61 Å². The van der Waals surface area contributed by atoms with E-state index in [1.54, 1.807) is 12.1 Å². The number of carboxylic acids is 1. The maximum absolute atomic E-state index is 11.5.